The Morgan fingerprint density at radius 3 is 2.81 bits per heavy atom. The van der Waals surface area contributed by atoms with Gasteiger partial charge >= 0.3 is 0 Å². The van der Waals surface area contributed by atoms with Gasteiger partial charge in [0, 0.05) is 11.6 Å². The molecule has 0 radical (unpaired) electrons. The maximum absolute atomic E-state index is 11.8. The second-order valence-electron chi connectivity index (χ2n) is 4.91. The molecule has 1 atom stereocenters. The van der Waals surface area contributed by atoms with Crippen LogP contribution < -0.4 is 5.32 Å². The van der Waals surface area contributed by atoms with Crippen LogP contribution in [0.4, 0.5) is 0 Å². The minimum atomic E-state index is -0.0901. The van der Waals surface area contributed by atoms with Crippen LogP contribution in [0.5, 0.6) is 0 Å². The van der Waals surface area contributed by atoms with Crippen molar-refractivity contribution in [3.63, 3.8) is 0 Å². The number of nitriles is 1. The lowest BCUT2D eigenvalue weighted by atomic mass is 10.1. The van der Waals surface area contributed by atoms with Crippen molar-refractivity contribution in [3.05, 3.63) is 35.4 Å². The van der Waals surface area contributed by atoms with E-state index in [9.17, 15) is 4.79 Å². The lowest BCUT2D eigenvalue weighted by Gasteiger charge is -2.06. The third-order valence-electron chi connectivity index (χ3n) is 3.07. The zero-order valence-electron chi connectivity index (χ0n) is 9.45. The molecule has 3 nitrogen and oxygen atoms in total. The molecule has 0 spiro atoms. The van der Waals surface area contributed by atoms with Crippen molar-refractivity contribution in [2.75, 3.05) is 0 Å². The van der Waals surface area contributed by atoms with Gasteiger partial charge in [0.15, 0.2) is 0 Å². The van der Waals surface area contributed by atoms with Crippen molar-refractivity contribution in [1.82, 2.24) is 5.32 Å². The van der Waals surface area contributed by atoms with Crippen molar-refractivity contribution in [1.29, 1.82) is 5.26 Å². The summed E-state index contributed by atoms with van der Waals surface area (Å²) in [6, 6.07) is 9.06. The second-order valence-corrected chi connectivity index (χ2v) is 4.91. The van der Waals surface area contributed by atoms with Gasteiger partial charge in [-0.25, -0.2) is 0 Å². The molecule has 1 aliphatic carbocycles. The second kappa shape index (κ2) is 3.64. The molecule has 0 heterocycles. The van der Waals surface area contributed by atoms with E-state index in [0.717, 1.165) is 6.42 Å². The summed E-state index contributed by atoms with van der Waals surface area (Å²) in [5.74, 6) is -0.0901. The number of benzene rings is 1. The lowest BCUT2D eigenvalue weighted by Crippen LogP contribution is -2.28. The van der Waals surface area contributed by atoms with Crippen molar-refractivity contribution in [3.8, 4) is 6.07 Å². The van der Waals surface area contributed by atoms with Crippen molar-refractivity contribution in [2.24, 2.45) is 5.41 Å². The summed E-state index contributed by atoms with van der Waals surface area (Å²) in [5, 5.41) is 11.7. The third-order valence-corrected chi connectivity index (χ3v) is 3.07. The van der Waals surface area contributed by atoms with Crippen molar-refractivity contribution in [2.45, 2.75) is 26.3 Å². The van der Waals surface area contributed by atoms with E-state index in [-0.39, 0.29) is 17.4 Å². The number of hydrogen-bond donors (Lipinski definition) is 1. The van der Waals surface area contributed by atoms with Gasteiger partial charge in [0.2, 0.25) is 0 Å². The Balaban J connectivity index is 2.07. The van der Waals surface area contributed by atoms with Gasteiger partial charge in [0.25, 0.3) is 5.91 Å². The van der Waals surface area contributed by atoms with Crippen LogP contribution >= 0.6 is 0 Å². The van der Waals surface area contributed by atoms with Gasteiger partial charge in [-0.1, -0.05) is 19.9 Å². The Hall–Kier alpha value is -1.82. The monoisotopic (exact) mass is 214 g/mol. The molecule has 1 fully saturated rings. The first-order valence-electron chi connectivity index (χ1n) is 5.34. The smallest absolute Gasteiger partial charge is 0.251 e. The molecule has 1 aromatic rings. The van der Waals surface area contributed by atoms with E-state index < -0.39 is 0 Å². The molecule has 1 aliphatic rings. The molecule has 1 amide bonds. The maximum Gasteiger partial charge on any atom is 0.251 e. The summed E-state index contributed by atoms with van der Waals surface area (Å²) in [7, 11) is 0. The summed E-state index contributed by atoms with van der Waals surface area (Å²) in [6.07, 6.45) is 1.02. The van der Waals surface area contributed by atoms with E-state index in [1.54, 1.807) is 24.3 Å². The molecule has 1 saturated carbocycles. The molecule has 82 valence electrons. The number of nitrogens with one attached hydrogen (secondary N) is 1. The Bertz CT molecular complexity index is 471. The van der Waals surface area contributed by atoms with Crippen LogP contribution in [-0.2, 0) is 0 Å². The first kappa shape index (κ1) is 10.7. The summed E-state index contributed by atoms with van der Waals surface area (Å²) >= 11 is 0. The number of nitrogens with zero attached hydrogens (tertiary/aromatic N) is 1. The van der Waals surface area contributed by atoms with E-state index in [1.165, 1.54) is 0 Å². The predicted octanol–water partition coefficient (Wildman–Crippen LogP) is 2.09. The van der Waals surface area contributed by atoms with Gasteiger partial charge in [-0.3, -0.25) is 4.79 Å². The normalized spacial score (nSPS) is 20.9. The highest BCUT2D eigenvalue weighted by atomic mass is 16.1. The van der Waals surface area contributed by atoms with E-state index in [2.05, 4.69) is 19.2 Å². The number of carbonyl (C=O) groups is 1. The Labute approximate surface area is 95.1 Å². The molecular formula is C13H14N2O. The molecule has 16 heavy (non-hydrogen) atoms. The molecule has 0 saturated heterocycles. The van der Waals surface area contributed by atoms with Crippen molar-refractivity contribution < 1.29 is 4.79 Å². The topological polar surface area (TPSA) is 52.9 Å². The lowest BCUT2D eigenvalue weighted by molar-refractivity contribution is 0.0946. The van der Waals surface area contributed by atoms with E-state index in [0.29, 0.717) is 11.1 Å². The van der Waals surface area contributed by atoms with Crippen LogP contribution in [0.2, 0.25) is 0 Å². The van der Waals surface area contributed by atoms with Gasteiger partial charge in [-0.15, -0.1) is 0 Å². The zero-order chi connectivity index (χ0) is 11.8. The Morgan fingerprint density at radius 1 is 1.56 bits per heavy atom. The fraction of sp³-hybridized carbons (Fsp3) is 0.385. The highest BCUT2D eigenvalue weighted by Crippen LogP contribution is 2.44. The van der Waals surface area contributed by atoms with Crippen LogP contribution in [0.1, 0.15) is 36.2 Å². The molecule has 0 aromatic heterocycles. The van der Waals surface area contributed by atoms with Crippen LogP contribution in [0.25, 0.3) is 0 Å². The predicted molar refractivity (Wildman–Crippen MR) is 60.8 cm³/mol. The molecule has 1 aromatic carbocycles. The molecule has 2 rings (SSSR count). The van der Waals surface area contributed by atoms with Gasteiger partial charge in [-0.2, -0.15) is 5.26 Å². The third kappa shape index (κ3) is 2.06. The molecule has 1 unspecified atom stereocenters. The summed E-state index contributed by atoms with van der Waals surface area (Å²) < 4.78 is 0. The maximum atomic E-state index is 11.8. The van der Waals surface area contributed by atoms with Gasteiger partial charge in [0.05, 0.1) is 11.6 Å². The fourth-order valence-electron chi connectivity index (χ4n) is 1.69. The van der Waals surface area contributed by atoms with Crippen molar-refractivity contribution >= 4 is 5.91 Å². The highest BCUT2D eigenvalue weighted by molar-refractivity contribution is 5.95. The first-order valence-corrected chi connectivity index (χ1v) is 5.34. The number of rotatable bonds is 2. The number of hydrogen-bond acceptors (Lipinski definition) is 2. The van der Waals surface area contributed by atoms with Crippen LogP contribution in [-0.4, -0.2) is 11.9 Å². The molecular weight excluding hydrogens is 200 g/mol. The van der Waals surface area contributed by atoms with E-state index in [1.807, 2.05) is 6.07 Å². The standard InChI is InChI=1S/C13H14N2O/c1-13(2)7-11(13)15-12(16)10-5-3-4-9(6-10)8-14/h3-6,11H,7H2,1-2H3,(H,15,16). The number of amides is 1. The largest absolute Gasteiger partial charge is 0.349 e. The Kier molecular flexibility index (Phi) is 2.43. The van der Waals surface area contributed by atoms with Crippen LogP contribution in [0.15, 0.2) is 24.3 Å². The molecule has 3 heteroatoms. The fourth-order valence-corrected chi connectivity index (χ4v) is 1.69. The molecule has 0 aliphatic heterocycles. The Morgan fingerprint density at radius 2 is 2.25 bits per heavy atom. The summed E-state index contributed by atoms with van der Waals surface area (Å²) in [4.78, 5) is 11.8. The minimum absolute atomic E-state index is 0.0901. The molecule has 0 bridgehead atoms. The highest BCUT2D eigenvalue weighted by Gasteiger charge is 2.46. The van der Waals surface area contributed by atoms with E-state index >= 15 is 0 Å². The first-order chi connectivity index (χ1) is 7.53. The van der Waals surface area contributed by atoms with E-state index in [4.69, 9.17) is 5.26 Å². The number of carbonyl (C=O) groups excluding carboxylic acids is 1. The summed E-state index contributed by atoms with van der Waals surface area (Å²) in [5.41, 5.74) is 1.30. The average Bonchev–Trinajstić information content (AvgIpc) is 2.86. The van der Waals surface area contributed by atoms with Gasteiger partial charge in [-0.05, 0) is 30.0 Å². The van der Waals surface area contributed by atoms with Crippen LogP contribution in [0.3, 0.4) is 0 Å². The average molecular weight is 214 g/mol. The van der Waals surface area contributed by atoms with Gasteiger partial charge in [0.1, 0.15) is 0 Å². The zero-order valence-corrected chi connectivity index (χ0v) is 9.45. The van der Waals surface area contributed by atoms with Gasteiger partial charge < -0.3 is 5.32 Å². The summed E-state index contributed by atoms with van der Waals surface area (Å²) in [6.45, 7) is 4.26. The minimum Gasteiger partial charge on any atom is -0.349 e. The quantitative estimate of drug-likeness (QED) is 0.819. The molecule has 1 N–H and O–H groups in total. The van der Waals surface area contributed by atoms with Crippen LogP contribution in [0, 0.1) is 16.7 Å². The SMILES string of the molecule is CC1(C)CC1NC(=O)c1cccc(C#N)c1.